The SMILES string of the molecule is S=c1[nH]ncn1N=Cc1ccc(Cl)cc1. The van der Waals surface area contributed by atoms with Crippen LogP contribution in [0.1, 0.15) is 5.56 Å². The average Bonchev–Trinajstić information content (AvgIpc) is 2.63. The maximum atomic E-state index is 5.76. The zero-order valence-electron chi connectivity index (χ0n) is 7.59. The third-order valence-electron chi connectivity index (χ3n) is 1.74. The Hall–Kier alpha value is -1.46. The fourth-order valence-corrected chi connectivity index (χ4v) is 1.28. The molecule has 6 heteroatoms. The van der Waals surface area contributed by atoms with Crippen molar-refractivity contribution in [3.8, 4) is 0 Å². The molecule has 1 N–H and O–H groups in total. The summed E-state index contributed by atoms with van der Waals surface area (Å²) in [6.07, 6.45) is 3.19. The molecule has 0 atom stereocenters. The third kappa shape index (κ3) is 2.51. The van der Waals surface area contributed by atoms with Gasteiger partial charge in [0, 0.05) is 5.02 Å². The summed E-state index contributed by atoms with van der Waals surface area (Å²) in [5, 5.41) is 11.2. The van der Waals surface area contributed by atoms with Gasteiger partial charge in [-0.15, -0.1) is 0 Å². The zero-order valence-corrected chi connectivity index (χ0v) is 9.16. The van der Waals surface area contributed by atoms with Gasteiger partial charge < -0.3 is 0 Å². The molecule has 1 aromatic heterocycles. The molecular weight excluding hydrogens is 232 g/mol. The predicted molar refractivity (Wildman–Crippen MR) is 61.9 cm³/mol. The number of nitrogens with one attached hydrogen (secondary N) is 1. The summed E-state index contributed by atoms with van der Waals surface area (Å²) in [4.78, 5) is 0. The number of halogens is 1. The van der Waals surface area contributed by atoms with Crippen LogP contribution in [0.4, 0.5) is 0 Å². The largest absolute Gasteiger partial charge is 0.250 e. The average molecular weight is 239 g/mol. The molecule has 0 amide bonds. The van der Waals surface area contributed by atoms with Crippen LogP contribution < -0.4 is 0 Å². The molecule has 2 rings (SSSR count). The van der Waals surface area contributed by atoms with E-state index in [9.17, 15) is 0 Å². The van der Waals surface area contributed by atoms with Gasteiger partial charge in [0.1, 0.15) is 6.33 Å². The molecule has 0 aliphatic rings. The van der Waals surface area contributed by atoms with Crippen molar-refractivity contribution in [1.29, 1.82) is 0 Å². The van der Waals surface area contributed by atoms with Gasteiger partial charge in [-0.1, -0.05) is 23.7 Å². The summed E-state index contributed by atoms with van der Waals surface area (Å²) in [5.41, 5.74) is 0.947. The molecule has 1 heterocycles. The number of hydrogen-bond donors (Lipinski definition) is 1. The molecule has 2 aromatic rings. The number of aromatic nitrogens is 3. The van der Waals surface area contributed by atoms with Crippen molar-refractivity contribution >= 4 is 30.0 Å². The molecule has 0 spiro atoms. The second-order valence-electron chi connectivity index (χ2n) is 2.80. The van der Waals surface area contributed by atoms with Crippen LogP contribution in [0.5, 0.6) is 0 Å². The maximum Gasteiger partial charge on any atom is 0.216 e. The Kier molecular flexibility index (Phi) is 2.94. The molecule has 4 nitrogen and oxygen atoms in total. The van der Waals surface area contributed by atoms with E-state index >= 15 is 0 Å². The quantitative estimate of drug-likeness (QED) is 0.645. The molecule has 0 radical (unpaired) electrons. The smallest absolute Gasteiger partial charge is 0.216 e. The van der Waals surface area contributed by atoms with Crippen molar-refractivity contribution in [3.63, 3.8) is 0 Å². The Balaban J connectivity index is 2.22. The Morgan fingerprint density at radius 2 is 2.13 bits per heavy atom. The van der Waals surface area contributed by atoms with Gasteiger partial charge >= 0.3 is 0 Å². The highest BCUT2D eigenvalue weighted by Gasteiger charge is 1.90. The van der Waals surface area contributed by atoms with E-state index in [-0.39, 0.29) is 0 Å². The van der Waals surface area contributed by atoms with Crippen LogP contribution in [-0.2, 0) is 0 Å². The van der Waals surface area contributed by atoms with Crippen LogP contribution in [0.25, 0.3) is 0 Å². The fraction of sp³-hybridized carbons (Fsp3) is 0. The lowest BCUT2D eigenvalue weighted by atomic mass is 10.2. The standard InChI is InChI=1S/C9H7ClN4S/c10-8-3-1-7(2-4-8)5-12-14-6-11-13-9(14)15/h1-6H,(H,13,15). The highest BCUT2D eigenvalue weighted by atomic mass is 35.5. The number of nitrogens with zero attached hydrogens (tertiary/aromatic N) is 3. The van der Waals surface area contributed by atoms with E-state index in [1.54, 1.807) is 18.3 Å². The second kappa shape index (κ2) is 4.37. The van der Waals surface area contributed by atoms with E-state index < -0.39 is 0 Å². The summed E-state index contributed by atoms with van der Waals surface area (Å²) in [7, 11) is 0. The molecule has 0 aliphatic carbocycles. The highest BCUT2D eigenvalue weighted by Crippen LogP contribution is 2.07. The van der Waals surface area contributed by atoms with Crippen LogP contribution in [0.3, 0.4) is 0 Å². The van der Waals surface area contributed by atoms with Gasteiger partial charge in [0.15, 0.2) is 0 Å². The third-order valence-corrected chi connectivity index (χ3v) is 2.27. The van der Waals surface area contributed by atoms with Gasteiger partial charge in [0.2, 0.25) is 4.77 Å². The van der Waals surface area contributed by atoms with Gasteiger partial charge in [-0.25, -0.2) is 0 Å². The first kappa shape index (κ1) is 10.1. The predicted octanol–water partition coefficient (Wildman–Crippen LogP) is 2.48. The van der Waals surface area contributed by atoms with Gasteiger partial charge in [0.25, 0.3) is 0 Å². The van der Waals surface area contributed by atoms with Crippen molar-refractivity contribution in [3.05, 3.63) is 45.9 Å². The Bertz CT molecular complexity index is 526. The first-order valence-corrected chi connectivity index (χ1v) is 4.96. The summed E-state index contributed by atoms with van der Waals surface area (Å²) >= 11 is 10.7. The molecule has 0 bridgehead atoms. The molecule has 0 unspecified atom stereocenters. The van der Waals surface area contributed by atoms with E-state index in [2.05, 4.69) is 15.3 Å². The number of benzene rings is 1. The summed E-state index contributed by atoms with van der Waals surface area (Å²) in [6.45, 7) is 0. The van der Waals surface area contributed by atoms with Crippen molar-refractivity contribution in [2.75, 3.05) is 0 Å². The minimum atomic E-state index is 0.459. The van der Waals surface area contributed by atoms with E-state index in [4.69, 9.17) is 23.8 Å². The normalized spacial score (nSPS) is 11.0. The molecular formula is C9H7ClN4S. The Labute approximate surface area is 96.2 Å². The van der Waals surface area contributed by atoms with Crippen LogP contribution in [0.15, 0.2) is 35.7 Å². The van der Waals surface area contributed by atoms with Gasteiger partial charge in [0.05, 0.1) is 6.21 Å². The minimum absolute atomic E-state index is 0.459. The van der Waals surface area contributed by atoms with Crippen LogP contribution >= 0.6 is 23.8 Å². The highest BCUT2D eigenvalue weighted by molar-refractivity contribution is 7.71. The summed E-state index contributed by atoms with van der Waals surface area (Å²) in [5.74, 6) is 0. The molecule has 76 valence electrons. The van der Waals surface area contributed by atoms with E-state index in [0.717, 1.165) is 5.56 Å². The lowest BCUT2D eigenvalue weighted by molar-refractivity contribution is 0.863. The van der Waals surface area contributed by atoms with E-state index in [0.29, 0.717) is 9.79 Å². The number of rotatable bonds is 2. The van der Waals surface area contributed by atoms with Crippen molar-refractivity contribution in [2.45, 2.75) is 0 Å². The minimum Gasteiger partial charge on any atom is -0.250 e. The van der Waals surface area contributed by atoms with Gasteiger partial charge in [-0.05, 0) is 29.9 Å². The van der Waals surface area contributed by atoms with E-state index in [1.807, 2.05) is 12.1 Å². The van der Waals surface area contributed by atoms with Gasteiger partial charge in [-0.3, -0.25) is 5.10 Å². The topological polar surface area (TPSA) is 46.0 Å². The van der Waals surface area contributed by atoms with E-state index in [1.165, 1.54) is 11.0 Å². The summed E-state index contributed by atoms with van der Waals surface area (Å²) in [6, 6.07) is 7.35. The molecule has 0 saturated heterocycles. The molecule has 0 fully saturated rings. The first-order chi connectivity index (χ1) is 7.25. The van der Waals surface area contributed by atoms with Gasteiger partial charge in [-0.2, -0.15) is 14.9 Å². The fourth-order valence-electron chi connectivity index (χ4n) is 1.00. The number of hydrogen-bond acceptors (Lipinski definition) is 3. The lowest BCUT2D eigenvalue weighted by Crippen LogP contribution is -1.88. The Morgan fingerprint density at radius 1 is 1.40 bits per heavy atom. The number of H-pyrrole nitrogens is 1. The second-order valence-corrected chi connectivity index (χ2v) is 3.63. The van der Waals surface area contributed by atoms with Crippen molar-refractivity contribution in [1.82, 2.24) is 14.9 Å². The van der Waals surface area contributed by atoms with Crippen molar-refractivity contribution < 1.29 is 0 Å². The first-order valence-electron chi connectivity index (χ1n) is 4.17. The number of aromatic amines is 1. The zero-order chi connectivity index (χ0) is 10.7. The molecule has 1 aromatic carbocycles. The summed E-state index contributed by atoms with van der Waals surface area (Å²) < 4.78 is 1.93. The van der Waals surface area contributed by atoms with Crippen molar-refractivity contribution in [2.24, 2.45) is 5.10 Å². The lowest BCUT2D eigenvalue weighted by Gasteiger charge is -1.93. The monoisotopic (exact) mass is 238 g/mol. The molecule has 0 saturated carbocycles. The van der Waals surface area contributed by atoms with Crippen LogP contribution in [-0.4, -0.2) is 21.1 Å². The van der Waals surface area contributed by atoms with Crippen LogP contribution in [0, 0.1) is 4.77 Å². The van der Waals surface area contributed by atoms with Crippen LogP contribution in [0.2, 0.25) is 5.02 Å². The molecule has 15 heavy (non-hydrogen) atoms. The molecule has 0 aliphatic heterocycles. The maximum absolute atomic E-state index is 5.76. The Morgan fingerprint density at radius 3 is 2.73 bits per heavy atom.